The van der Waals surface area contributed by atoms with Gasteiger partial charge in [-0.15, -0.1) is 0 Å². The van der Waals surface area contributed by atoms with Crippen molar-refractivity contribution >= 4 is 34.9 Å². The zero-order valence-electron chi connectivity index (χ0n) is 18.3. The monoisotopic (exact) mass is 470 g/mol. The molecule has 0 aliphatic heterocycles. The van der Waals surface area contributed by atoms with Gasteiger partial charge in [0.05, 0.1) is 17.0 Å². The largest absolute Gasteiger partial charge is 0.511 e. The first-order chi connectivity index (χ1) is 15.9. The summed E-state index contributed by atoms with van der Waals surface area (Å²) in [5.41, 5.74) is 4.27. The van der Waals surface area contributed by atoms with Crippen molar-refractivity contribution in [2.45, 2.75) is 19.3 Å². The number of ketones is 3. The molecule has 1 aromatic carbocycles. The highest BCUT2D eigenvalue weighted by atomic mass is 16.4. The molecule has 0 fully saturated rings. The van der Waals surface area contributed by atoms with Gasteiger partial charge in [-0.05, 0) is 36.3 Å². The van der Waals surface area contributed by atoms with Crippen LogP contribution < -0.4 is 10.6 Å². The number of carbonyl (C=O) groups excluding carboxylic acids is 4. The predicted octanol–water partition coefficient (Wildman–Crippen LogP) is 0.799. The van der Waals surface area contributed by atoms with Crippen LogP contribution in [-0.2, 0) is 20.8 Å². The van der Waals surface area contributed by atoms with Gasteiger partial charge in [-0.25, -0.2) is 4.79 Å². The molecule has 4 rings (SSSR count). The topological polar surface area (TPSA) is 196 Å². The number of hydrogen-bond acceptors (Lipinski definition) is 9. The van der Waals surface area contributed by atoms with E-state index in [9.17, 15) is 39.3 Å². The third kappa shape index (κ3) is 3.15. The number of primary amides is 1. The SMILES string of the molecule is CN(C)c1cc(C(=O)C(=O)O)c(O)c2c1CC1CC3CC(O)=C(C(N)=O)C(=O)C3C(O)=C1C2=O. The standard InChI is InChI=1S/C23H22N2O9/c1-25(2)11-6-10(18(28)23(33)34)17(27)15-9(11)4-7-3-8-5-12(26)16(22(24)32)21(31)14(8)19(29)13(7)20(15)30/h6-8,14,26-27,29H,3-5H2,1-2H3,(H2,24,32)(H,33,34). The van der Waals surface area contributed by atoms with E-state index in [-0.39, 0.29) is 30.4 Å². The number of carbonyl (C=O) groups is 5. The van der Waals surface area contributed by atoms with Crippen LogP contribution in [0.3, 0.4) is 0 Å². The lowest BCUT2D eigenvalue weighted by atomic mass is 9.62. The first-order valence-electron chi connectivity index (χ1n) is 10.4. The summed E-state index contributed by atoms with van der Waals surface area (Å²) in [4.78, 5) is 63.1. The summed E-state index contributed by atoms with van der Waals surface area (Å²) in [5.74, 6) is -10.4. The molecule has 34 heavy (non-hydrogen) atoms. The molecule has 3 aliphatic carbocycles. The first-order valence-corrected chi connectivity index (χ1v) is 10.4. The quantitative estimate of drug-likeness (QED) is 0.238. The number of aromatic hydroxyl groups is 1. The van der Waals surface area contributed by atoms with Crippen LogP contribution in [-0.4, -0.2) is 63.7 Å². The summed E-state index contributed by atoms with van der Waals surface area (Å²) in [7, 11) is 3.25. The van der Waals surface area contributed by atoms with Gasteiger partial charge in [0.15, 0.2) is 11.6 Å². The molecular weight excluding hydrogens is 448 g/mol. The van der Waals surface area contributed by atoms with E-state index in [0.717, 1.165) is 0 Å². The van der Waals surface area contributed by atoms with Crippen molar-refractivity contribution in [2.75, 3.05) is 19.0 Å². The first kappa shape index (κ1) is 23.0. The van der Waals surface area contributed by atoms with E-state index in [1.807, 2.05) is 0 Å². The Hall–Kier alpha value is -4.15. The Bertz CT molecular complexity index is 1270. The van der Waals surface area contributed by atoms with Crippen molar-refractivity contribution in [3.63, 3.8) is 0 Å². The lowest BCUT2D eigenvalue weighted by Gasteiger charge is -2.41. The molecule has 1 amide bonds. The summed E-state index contributed by atoms with van der Waals surface area (Å²) in [5, 5.41) is 41.1. The van der Waals surface area contributed by atoms with E-state index in [1.165, 1.54) is 6.07 Å². The number of rotatable bonds is 4. The third-order valence-corrected chi connectivity index (χ3v) is 6.78. The number of carboxylic acid groups (broad SMARTS) is 1. The van der Waals surface area contributed by atoms with Crippen LogP contribution in [0.25, 0.3) is 0 Å². The molecular formula is C23H22N2O9. The Morgan fingerprint density at radius 1 is 1.09 bits per heavy atom. The molecule has 0 saturated heterocycles. The van der Waals surface area contributed by atoms with Crippen molar-refractivity contribution in [3.05, 3.63) is 45.4 Å². The number of aliphatic hydroxyl groups excluding tert-OH is 2. The van der Waals surface area contributed by atoms with Crippen LogP contribution in [0.15, 0.2) is 28.7 Å². The second-order valence-electron chi connectivity index (χ2n) is 8.93. The number of aliphatic hydroxyl groups is 2. The van der Waals surface area contributed by atoms with Crippen molar-refractivity contribution < 1.29 is 44.4 Å². The maximum atomic E-state index is 13.5. The Morgan fingerprint density at radius 2 is 1.74 bits per heavy atom. The molecule has 0 spiro atoms. The predicted molar refractivity (Wildman–Crippen MR) is 116 cm³/mol. The molecule has 0 aromatic heterocycles. The zero-order chi connectivity index (χ0) is 25.2. The van der Waals surface area contributed by atoms with E-state index in [0.29, 0.717) is 11.3 Å². The van der Waals surface area contributed by atoms with Gasteiger partial charge in [0.25, 0.3) is 11.7 Å². The summed E-state index contributed by atoms with van der Waals surface area (Å²) >= 11 is 0. The Labute approximate surface area is 192 Å². The smallest absolute Gasteiger partial charge is 0.377 e. The van der Waals surface area contributed by atoms with E-state index >= 15 is 0 Å². The van der Waals surface area contributed by atoms with Crippen LogP contribution in [0.4, 0.5) is 5.69 Å². The second-order valence-corrected chi connectivity index (χ2v) is 8.93. The number of allylic oxidation sites excluding steroid dienone is 3. The zero-order valence-corrected chi connectivity index (χ0v) is 18.3. The molecule has 11 nitrogen and oxygen atoms in total. The van der Waals surface area contributed by atoms with Gasteiger partial charge in [-0.3, -0.25) is 19.2 Å². The number of phenols is 1. The van der Waals surface area contributed by atoms with Gasteiger partial charge in [0.1, 0.15) is 22.8 Å². The number of nitrogens with two attached hydrogens (primary N) is 1. The highest BCUT2D eigenvalue weighted by Crippen LogP contribution is 2.51. The lowest BCUT2D eigenvalue weighted by Crippen LogP contribution is -2.43. The van der Waals surface area contributed by atoms with Gasteiger partial charge in [-0.2, -0.15) is 0 Å². The van der Waals surface area contributed by atoms with E-state index in [2.05, 4.69) is 0 Å². The van der Waals surface area contributed by atoms with Crippen LogP contribution in [0.1, 0.15) is 39.1 Å². The average Bonchev–Trinajstić information content (AvgIpc) is 2.72. The van der Waals surface area contributed by atoms with Crippen molar-refractivity contribution in [1.82, 2.24) is 0 Å². The molecule has 0 heterocycles. The van der Waals surface area contributed by atoms with E-state index < -0.39 is 75.4 Å². The fraction of sp³-hybridized carbons (Fsp3) is 0.348. The lowest BCUT2D eigenvalue weighted by molar-refractivity contribution is -0.132. The number of nitrogens with zero attached hydrogens (tertiary/aromatic N) is 1. The van der Waals surface area contributed by atoms with Crippen molar-refractivity contribution in [1.29, 1.82) is 0 Å². The molecule has 0 bridgehead atoms. The van der Waals surface area contributed by atoms with Crippen LogP contribution in [0, 0.1) is 17.8 Å². The normalized spacial score (nSPS) is 23.8. The average molecular weight is 470 g/mol. The number of Topliss-reactive ketones (excluding diaryl/α,β-unsaturated/α-hetero) is 3. The number of anilines is 1. The second kappa shape index (κ2) is 7.72. The van der Waals surface area contributed by atoms with Gasteiger partial charge in [0.2, 0.25) is 0 Å². The number of benzene rings is 1. The fourth-order valence-electron chi connectivity index (χ4n) is 5.38. The summed E-state index contributed by atoms with van der Waals surface area (Å²) < 4.78 is 0. The molecule has 1 aromatic rings. The van der Waals surface area contributed by atoms with Crippen LogP contribution in [0.2, 0.25) is 0 Å². The molecule has 3 aliphatic rings. The molecule has 0 saturated carbocycles. The van der Waals surface area contributed by atoms with Gasteiger partial charge in [0, 0.05) is 31.8 Å². The van der Waals surface area contributed by atoms with E-state index in [1.54, 1.807) is 19.0 Å². The fourth-order valence-corrected chi connectivity index (χ4v) is 5.38. The highest BCUT2D eigenvalue weighted by molar-refractivity contribution is 6.41. The number of fused-ring (bicyclic) bond motifs is 3. The molecule has 3 unspecified atom stereocenters. The van der Waals surface area contributed by atoms with Gasteiger partial charge < -0.3 is 31.1 Å². The summed E-state index contributed by atoms with van der Waals surface area (Å²) in [6.07, 6.45) is 0.287. The molecule has 178 valence electrons. The molecule has 0 radical (unpaired) electrons. The molecule has 6 N–H and O–H groups in total. The van der Waals surface area contributed by atoms with Crippen molar-refractivity contribution in [3.8, 4) is 5.75 Å². The maximum absolute atomic E-state index is 13.5. The van der Waals surface area contributed by atoms with Gasteiger partial charge >= 0.3 is 5.97 Å². The number of phenolic OH excluding ortho intramolecular Hbond substituents is 1. The van der Waals surface area contributed by atoms with Crippen LogP contribution >= 0.6 is 0 Å². The Morgan fingerprint density at radius 3 is 2.29 bits per heavy atom. The molecule has 11 heteroatoms. The minimum absolute atomic E-state index is 0.0819. The summed E-state index contributed by atoms with van der Waals surface area (Å²) in [6.45, 7) is 0. The third-order valence-electron chi connectivity index (χ3n) is 6.78. The van der Waals surface area contributed by atoms with Gasteiger partial charge in [-0.1, -0.05) is 0 Å². The Balaban J connectivity index is 1.92. The number of carboxylic acids is 1. The maximum Gasteiger partial charge on any atom is 0.377 e. The van der Waals surface area contributed by atoms with E-state index in [4.69, 9.17) is 10.8 Å². The minimum atomic E-state index is -1.82. The minimum Gasteiger partial charge on any atom is -0.511 e. The van der Waals surface area contributed by atoms with Crippen molar-refractivity contribution in [2.24, 2.45) is 23.5 Å². The Kier molecular flexibility index (Phi) is 5.23. The number of hydrogen-bond donors (Lipinski definition) is 5. The number of aliphatic carboxylic acids is 1. The number of amides is 1. The summed E-state index contributed by atoms with van der Waals surface area (Å²) in [6, 6.07) is 1.20. The highest BCUT2D eigenvalue weighted by Gasteiger charge is 2.50. The van der Waals surface area contributed by atoms with Crippen LogP contribution in [0.5, 0.6) is 5.75 Å². The molecule has 3 atom stereocenters.